The fourth-order valence-corrected chi connectivity index (χ4v) is 3.18. The number of quaternary nitrogens is 3. The minimum absolute atomic E-state index is 0.0632. The molecule has 2 aliphatic heterocycles. The molecule has 2 heterocycles. The summed E-state index contributed by atoms with van der Waals surface area (Å²) < 4.78 is 1.18. The van der Waals surface area contributed by atoms with E-state index in [1.165, 1.54) is 0 Å². The van der Waals surface area contributed by atoms with Gasteiger partial charge < -0.3 is 0 Å². The van der Waals surface area contributed by atoms with Crippen LogP contribution in [0.15, 0.2) is 21.5 Å². The first-order chi connectivity index (χ1) is 9.93. The number of hydrogen-bond donors (Lipinski definition) is 0. The molecule has 0 aliphatic carbocycles. The minimum Gasteiger partial charge on any atom is -0.235 e. The number of likely N-dealkylation sites (N-methyl/N-ethyl adjacent to an activating group) is 1. The van der Waals surface area contributed by atoms with Crippen molar-refractivity contribution >= 4 is 18.2 Å². The van der Waals surface area contributed by atoms with Gasteiger partial charge in [-0.2, -0.15) is 9.48 Å². The summed E-state index contributed by atoms with van der Waals surface area (Å²) in [6.07, 6.45) is 2.83. The Morgan fingerprint density at radius 1 is 1.23 bits per heavy atom. The van der Waals surface area contributed by atoms with Crippen molar-refractivity contribution in [3.05, 3.63) is 11.5 Å². The van der Waals surface area contributed by atoms with E-state index in [-0.39, 0.29) is 10.4 Å². The molecule has 0 fully saturated rings. The number of guanidine groups is 1. The Labute approximate surface area is 133 Å². The molecule has 2 unspecified atom stereocenters. The molecule has 2 atom stereocenters. The van der Waals surface area contributed by atoms with Crippen LogP contribution in [0.1, 0.15) is 20.3 Å². The zero-order valence-electron chi connectivity index (χ0n) is 15.2. The molecule has 0 saturated heterocycles. The average molecular weight is 308 g/mol. The highest BCUT2D eigenvalue weighted by Crippen LogP contribution is 2.33. The Morgan fingerprint density at radius 3 is 2.32 bits per heavy atom. The van der Waals surface area contributed by atoms with Crippen molar-refractivity contribution in [1.82, 2.24) is 0 Å². The van der Waals surface area contributed by atoms with Crippen LogP contribution in [0.4, 0.5) is 0 Å². The maximum absolute atomic E-state index is 13.2. The van der Waals surface area contributed by atoms with Crippen LogP contribution in [0.5, 0.6) is 0 Å². The number of amides is 1. The van der Waals surface area contributed by atoms with Crippen molar-refractivity contribution in [2.24, 2.45) is 15.9 Å². The molecule has 122 valence electrons. The molecule has 0 N–H and O–H groups in total. The molecule has 0 saturated carbocycles. The van der Waals surface area contributed by atoms with E-state index in [4.69, 9.17) is 4.99 Å². The molecule has 6 nitrogen and oxygen atoms in total. The number of rotatable bonds is 3. The largest absolute Gasteiger partial charge is 0.411 e. The van der Waals surface area contributed by atoms with Gasteiger partial charge in [0.05, 0.1) is 48.8 Å². The summed E-state index contributed by atoms with van der Waals surface area (Å²) >= 11 is 0. The van der Waals surface area contributed by atoms with Crippen LogP contribution in [0.3, 0.4) is 0 Å². The van der Waals surface area contributed by atoms with E-state index in [1.54, 1.807) is 6.34 Å². The Bertz CT molecular complexity index is 594. The van der Waals surface area contributed by atoms with Crippen LogP contribution >= 0.6 is 0 Å². The summed E-state index contributed by atoms with van der Waals surface area (Å²) in [6, 6.07) is 0. The van der Waals surface area contributed by atoms with Crippen LogP contribution in [-0.4, -0.2) is 80.5 Å². The summed E-state index contributed by atoms with van der Waals surface area (Å²) in [5, 5.41) is 0. The van der Waals surface area contributed by atoms with E-state index in [0.717, 1.165) is 24.7 Å². The molecule has 2 rings (SSSR count). The Balaban J connectivity index is 2.60. The maximum Gasteiger partial charge on any atom is 0.411 e. The SMILES string of the molecule is CCC(C)C[N+]1(C)C(=O)C2=C(N=C1[N+](C)(C)C)[N+](C)(C)C=N2. The highest BCUT2D eigenvalue weighted by molar-refractivity contribution is 5.99. The van der Waals surface area contributed by atoms with E-state index in [1.807, 2.05) is 21.1 Å². The van der Waals surface area contributed by atoms with Crippen molar-refractivity contribution in [3.63, 3.8) is 0 Å². The van der Waals surface area contributed by atoms with Crippen LogP contribution < -0.4 is 0 Å². The first kappa shape index (κ1) is 17.0. The van der Waals surface area contributed by atoms with E-state index < -0.39 is 0 Å². The lowest BCUT2D eigenvalue weighted by atomic mass is 10.1. The second kappa shape index (κ2) is 5.08. The van der Waals surface area contributed by atoms with Gasteiger partial charge in [0, 0.05) is 5.92 Å². The number of hydrogen-bond acceptors (Lipinski definition) is 3. The van der Waals surface area contributed by atoms with Gasteiger partial charge in [-0.25, -0.2) is 13.8 Å². The maximum atomic E-state index is 13.2. The molecule has 0 aromatic carbocycles. The fraction of sp³-hybridized carbons (Fsp3) is 0.688. The average Bonchev–Trinajstić information content (AvgIpc) is 2.68. The highest BCUT2D eigenvalue weighted by Gasteiger charge is 2.56. The number of carbonyl (C=O) groups excluding carboxylic acids is 1. The van der Waals surface area contributed by atoms with Crippen molar-refractivity contribution in [2.45, 2.75) is 20.3 Å². The summed E-state index contributed by atoms with van der Waals surface area (Å²) in [5.41, 5.74) is 0.521. The number of nitrogens with zero attached hydrogens (tertiary/aromatic N) is 5. The van der Waals surface area contributed by atoms with Crippen molar-refractivity contribution < 1.29 is 18.2 Å². The van der Waals surface area contributed by atoms with Gasteiger partial charge in [0.2, 0.25) is 0 Å². The molecule has 0 bridgehead atoms. The van der Waals surface area contributed by atoms with E-state index in [9.17, 15) is 4.79 Å². The molecular weight excluding hydrogens is 278 g/mol. The highest BCUT2D eigenvalue weighted by atomic mass is 16.2. The molecule has 22 heavy (non-hydrogen) atoms. The second-order valence-electron chi connectivity index (χ2n) is 8.07. The molecule has 2 aliphatic rings. The van der Waals surface area contributed by atoms with E-state index in [2.05, 4.69) is 40.0 Å². The quantitative estimate of drug-likeness (QED) is 0.726. The lowest BCUT2D eigenvalue weighted by Gasteiger charge is -2.39. The Morgan fingerprint density at radius 2 is 1.82 bits per heavy atom. The van der Waals surface area contributed by atoms with Crippen molar-refractivity contribution in [2.75, 3.05) is 48.8 Å². The summed E-state index contributed by atoms with van der Waals surface area (Å²) in [5.74, 6) is 2.14. The van der Waals surface area contributed by atoms with Gasteiger partial charge in [-0.1, -0.05) is 18.8 Å². The Hall–Kier alpha value is -1.37. The standard InChI is InChI=1S/C16H30N5O/c1-9-12(2)10-21(8)15(22)13-14(20(6,7)11-17-13)18-16(21)19(3,4)5/h11-12H,9-10H2,1-8H3/q+3. The summed E-state index contributed by atoms with van der Waals surface area (Å²) in [7, 11) is 12.2. The predicted octanol–water partition coefficient (Wildman–Crippen LogP) is 1.37. The lowest BCUT2D eigenvalue weighted by molar-refractivity contribution is -0.891. The monoisotopic (exact) mass is 308 g/mol. The molecule has 6 heteroatoms. The smallest absolute Gasteiger partial charge is 0.235 e. The molecule has 1 amide bonds. The third-order valence-corrected chi connectivity index (χ3v) is 4.51. The fourth-order valence-electron chi connectivity index (χ4n) is 3.18. The van der Waals surface area contributed by atoms with Crippen molar-refractivity contribution in [1.29, 1.82) is 0 Å². The van der Waals surface area contributed by atoms with Crippen LogP contribution in [0.25, 0.3) is 0 Å². The van der Waals surface area contributed by atoms with Gasteiger partial charge in [0.15, 0.2) is 6.34 Å². The van der Waals surface area contributed by atoms with Gasteiger partial charge in [-0.05, 0) is 6.42 Å². The van der Waals surface area contributed by atoms with Gasteiger partial charge in [0.25, 0.3) is 11.5 Å². The lowest BCUT2D eigenvalue weighted by Crippen LogP contribution is -2.67. The summed E-state index contributed by atoms with van der Waals surface area (Å²) in [6.45, 7) is 5.10. The van der Waals surface area contributed by atoms with Gasteiger partial charge in [-0.15, -0.1) is 0 Å². The molecule has 0 spiro atoms. The number of aliphatic imine (C=N–C) groups is 2. The molecule has 0 aromatic rings. The van der Waals surface area contributed by atoms with Crippen LogP contribution in [-0.2, 0) is 4.79 Å². The predicted molar refractivity (Wildman–Crippen MR) is 88.6 cm³/mol. The molecular formula is C16H30N5O+3. The molecule has 0 radical (unpaired) electrons. The first-order valence-electron chi connectivity index (χ1n) is 7.89. The second-order valence-corrected chi connectivity index (χ2v) is 8.07. The molecule has 0 aromatic heterocycles. The van der Waals surface area contributed by atoms with Gasteiger partial charge in [0.1, 0.15) is 0 Å². The van der Waals surface area contributed by atoms with E-state index >= 15 is 0 Å². The third kappa shape index (κ3) is 2.55. The first-order valence-corrected chi connectivity index (χ1v) is 7.89. The summed E-state index contributed by atoms with van der Waals surface area (Å²) in [4.78, 5) is 22.5. The van der Waals surface area contributed by atoms with Gasteiger partial charge in [-0.3, -0.25) is 0 Å². The topological polar surface area (TPSA) is 41.8 Å². The van der Waals surface area contributed by atoms with Crippen molar-refractivity contribution in [3.8, 4) is 0 Å². The zero-order chi connectivity index (χ0) is 16.9. The normalized spacial score (nSPS) is 28.7. The zero-order valence-corrected chi connectivity index (χ0v) is 15.2. The Kier molecular flexibility index (Phi) is 3.92. The third-order valence-electron chi connectivity index (χ3n) is 4.51. The van der Waals surface area contributed by atoms with Gasteiger partial charge >= 0.3 is 11.9 Å². The number of carbonyl (C=O) groups is 1. The van der Waals surface area contributed by atoms with E-state index in [0.29, 0.717) is 20.6 Å². The minimum atomic E-state index is 0.0632. The van der Waals surface area contributed by atoms with Crippen LogP contribution in [0, 0.1) is 5.92 Å². The van der Waals surface area contributed by atoms with Crippen LogP contribution in [0.2, 0.25) is 0 Å².